The summed E-state index contributed by atoms with van der Waals surface area (Å²) < 4.78 is 18.2. The van der Waals surface area contributed by atoms with E-state index in [4.69, 9.17) is 10.5 Å². The van der Waals surface area contributed by atoms with Crippen LogP contribution in [0.5, 0.6) is 5.75 Å². The lowest BCUT2D eigenvalue weighted by atomic mass is 10.3. The van der Waals surface area contributed by atoms with E-state index >= 15 is 0 Å². The van der Waals surface area contributed by atoms with Gasteiger partial charge in [-0.3, -0.25) is 4.99 Å². The molecule has 0 unspecified atom stereocenters. The van der Waals surface area contributed by atoms with Gasteiger partial charge in [0.25, 0.3) is 0 Å². The quantitative estimate of drug-likeness (QED) is 0.723. The van der Waals surface area contributed by atoms with E-state index in [1.54, 1.807) is 0 Å². The molecule has 0 amide bonds. The first-order valence-electron chi connectivity index (χ1n) is 4.71. The predicted molar refractivity (Wildman–Crippen MR) is 56.6 cm³/mol. The number of nitrogen functional groups attached to an aromatic ring is 1. The van der Waals surface area contributed by atoms with Crippen LogP contribution in [0.15, 0.2) is 23.2 Å². The lowest BCUT2D eigenvalue weighted by molar-refractivity contribution is 0.373. The minimum Gasteiger partial charge on any atom is -0.483 e. The number of nitrogens with one attached hydrogen (secondary N) is 1. The van der Waals surface area contributed by atoms with Crippen molar-refractivity contribution in [2.75, 3.05) is 25.4 Å². The van der Waals surface area contributed by atoms with Gasteiger partial charge in [0, 0.05) is 12.6 Å². The molecule has 0 fully saturated rings. The molecule has 3 N–H and O–H groups in total. The maximum Gasteiger partial charge on any atom is 0.145 e. The Morgan fingerprint density at radius 1 is 1.53 bits per heavy atom. The third-order valence-corrected chi connectivity index (χ3v) is 2.08. The first-order chi connectivity index (χ1) is 7.25. The Hall–Kier alpha value is -1.78. The van der Waals surface area contributed by atoms with E-state index in [9.17, 15) is 4.39 Å². The second-order valence-corrected chi connectivity index (χ2v) is 3.23. The SMILES string of the molecule is Nc1ccc(F)cc1OCC1=NCCN1. The summed E-state index contributed by atoms with van der Waals surface area (Å²) in [5.41, 5.74) is 6.05. The summed E-state index contributed by atoms with van der Waals surface area (Å²) in [6.45, 7) is 1.89. The van der Waals surface area contributed by atoms with E-state index in [-0.39, 0.29) is 5.82 Å². The summed E-state index contributed by atoms with van der Waals surface area (Å²) in [4.78, 5) is 4.15. The molecule has 1 aliphatic rings. The van der Waals surface area contributed by atoms with Crippen LogP contribution in [-0.2, 0) is 0 Å². The first kappa shape index (κ1) is 9.76. The van der Waals surface area contributed by atoms with Crippen molar-refractivity contribution >= 4 is 11.5 Å². The Bertz CT molecular complexity index is 392. The summed E-state index contributed by atoms with van der Waals surface area (Å²) >= 11 is 0. The van der Waals surface area contributed by atoms with Crippen molar-refractivity contribution in [2.24, 2.45) is 4.99 Å². The van der Waals surface area contributed by atoms with Gasteiger partial charge in [-0.1, -0.05) is 0 Å². The lowest BCUT2D eigenvalue weighted by Crippen LogP contribution is -2.25. The molecule has 0 spiro atoms. The highest BCUT2D eigenvalue weighted by atomic mass is 19.1. The van der Waals surface area contributed by atoms with Gasteiger partial charge in [0.1, 0.15) is 24.0 Å². The van der Waals surface area contributed by atoms with Gasteiger partial charge in [0.05, 0.1) is 12.2 Å². The van der Waals surface area contributed by atoms with Crippen LogP contribution in [0, 0.1) is 5.82 Å². The van der Waals surface area contributed by atoms with Gasteiger partial charge in [-0.15, -0.1) is 0 Å². The number of rotatable bonds is 3. The van der Waals surface area contributed by atoms with E-state index < -0.39 is 0 Å². The Balaban J connectivity index is 2.00. The molecule has 1 aromatic rings. The molecule has 1 aromatic carbocycles. The Morgan fingerprint density at radius 2 is 2.40 bits per heavy atom. The lowest BCUT2D eigenvalue weighted by Gasteiger charge is -2.08. The third-order valence-electron chi connectivity index (χ3n) is 2.08. The van der Waals surface area contributed by atoms with E-state index in [1.165, 1.54) is 18.2 Å². The zero-order chi connectivity index (χ0) is 10.7. The highest BCUT2D eigenvalue weighted by molar-refractivity contribution is 5.85. The van der Waals surface area contributed by atoms with Crippen LogP contribution in [0.3, 0.4) is 0 Å². The van der Waals surface area contributed by atoms with E-state index in [0.29, 0.717) is 18.0 Å². The molecule has 0 aliphatic carbocycles. The van der Waals surface area contributed by atoms with Gasteiger partial charge in [-0.05, 0) is 12.1 Å². The number of benzene rings is 1. The Kier molecular flexibility index (Phi) is 2.71. The molecule has 0 radical (unpaired) electrons. The number of hydrogen-bond donors (Lipinski definition) is 2. The Morgan fingerprint density at radius 3 is 3.13 bits per heavy atom. The van der Waals surface area contributed by atoms with Crippen molar-refractivity contribution < 1.29 is 9.13 Å². The molecule has 0 aromatic heterocycles. The molecule has 0 saturated carbocycles. The number of nitrogens with zero attached hydrogens (tertiary/aromatic N) is 1. The molecule has 0 bridgehead atoms. The molecule has 1 heterocycles. The summed E-state index contributed by atoms with van der Waals surface area (Å²) in [7, 11) is 0. The average molecular weight is 209 g/mol. The molecule has 5 heteroatoms. The largest absolute Gasteiger partial charge is 0.483 e. The third kappa shape index (κ3) is 2.37. The van der Waals surface area contributed by atoms with Crippen molar-refractivity contribution in [1.82, 2.24) is 5.32 Å². The average Bonchev–Trinajstić information content (AvgIpc) is 2.72. The van der Waals surface area contributed by atoms with Crippen LogP contribution in [0.2, 0.25) is 0 Å². The fourth-order valence-electron chi connectivity index (χ4n) is 1.32. The van der Waals surface area contributed by atoms with E-state index in [0.717, 1.165) is 18.9 Å². The second kappa shape index (κ2) is 4.16. The fourth-order valence-corrected chi connectivity index (χ4v) is 1.32. The molecule has 2 rings (SSSR count). The molecule has 15 heavy (non-hydrogen) atoms. The number of halogens is 1. The number of hydrogen-bond acceptors (Lipinski definition) is 4. The van der Waals surface area contributed by atoms with Crippen LogP contribution < -0.4 is 15.8 Å². The van der Waals surface area contributed by atoms with Gasteiger partial charge in [0.2, 0.25) is 0 Å². The molecule has 80 valence electrons. The highest BCUT2D eigenvalue weighted by Gasteiger charge is 2.07. The first-order valence-corrected chi connectivity index (χ1v) is 4.71. The highest BCUT2D eigenvalue weighted by Crippen LogP contribution is 2.21. The smallest absolute Gasteiger partial charge is 0.145 e. The van der Waals surface area contributed by atoms with Gasteiger partial charge in [0.15, 0.2) is 0 Å². The number of amidine groups is 1. The van der Waals surface area contributed by atoms with Crippen LogP contribution in [0.25, 0.3) is 0 Å². The fraction of sp³-hybridized carbons (Fsp3) is 0.300. The van der Waals surface area contributed by atoms with Crippen molar-refractivity contribution in [3.63, 3.8) is 0 Å². The zero-order valence-corrected chi connectivity index (χ0v) is 8.16. The maximum absolute atomic E-state index is 12.9. The molecular formula is C10H12FN3O. The number of nitrogens with two attached hydrogens (primary N) is 1. The minimum atomic E-state index is -0.361. The number of anilines is 1. The van der Waals surface area contributed by atoms with Gasteiger partial charge in [-0.2, -0.15) is 0 Å². The molecule has 4 nitrogen and oxygen atoms in total. The van der Waals surface area contributed by atoms with E-state index in [1.807, 2.05) is 0 Å². The Labute approximate surface area is 86.9 Å². The minimum absolute atomic E-state index is 0.299. The van der Waals surface area contributed by atoms with Crippen LogP contribution in [0.1, 0.15) is 0 Å². The summed E-state index contributed by atoms with van der Waals surface area (Å²) in [6.07, 6.45) is 0. The summed E-state index contributed by atoms with van der Waals surface area (Å²) in [5.74, 6) is 0.769. The van der Waals surface area contributed by atoms with Crippen LogP contribution in [-0.4, -0.2) is 25.5 Å². The molecule has 1 aliphatic heterocycles. The topological polar surface area (TPSA) is 59.6 Å². The monoisotopic (exact) mass is 209 g/mol. The standard InChI is InChI=1S/C10H12FN3O/c11-7-1-2-8(12)9(5-7)15-6-10-13-3-4-14-10/h1-2,5H,3-4,6,12H2,(H,13,14). The van der Waals surface area contributed by atoms with Crippen LogP contribution in [0.4, 0.5) is 10.1 Å². The van der Waals surface area contributed by atoms with Crippen molar-refractivity contribution in [3.8, 4) is 5.75 Å². The predicted octanol–water partition coefficient (Wildman–Crippen LogP) is 0.788. The van der Waals surface area contributed by atoms with Crippen molar-refractivity contribution in [2.45, 2.75) is 0 Å². The van der Waals surface area contributed by atoms with Crippen molar-refractivity contribution in [3.05, 3.63) is 24.0 Å². The van der Waals surface area contributed by atoms with Gasteiger partial charge in [-0.25, -0.2) is 4.39 Å². The normalized spacial score (nSPS) is 14.6. The summed E-state index contributed by atoms with van der Waals surface area (Å²) in [6, 6.07) is 4.05. The maximum atomic E-state index is 12.9. The zero-order valence-electron chi connectivity index (χ0n) is 8.16. The molecule has 0 saturated heterocycles. The second-order valence-electron chi connectivity index (χ2n) is 3.23. The number of ether oxygens (including phenoxy) is 1. The molecular weight excluding hydrogens is 197 g/mol. The summed E-state index contributed by atoms with van der Waals surface area (Å²) in [5, 5.41) is 3.05. The van der Waals surface area contributed by atoms with Gasteiger partial charge >= 0.3 is 0 Å². The van der Waals surface area contributed by atoms with Crippen LogP contribution >= 0.6 is 0 Å². The van der Waals surface area contributed by atoms with E-state index in [2.05, 4.69) is 10.3 Å². The number of aliphatic imine (C=N–C) groups is 1. The molecule has 0 atom stereocenters. The van der Waals surface area contributed by atoms with Crippen molar-refractivity contribution in [1.29, 1.82) is 0 Å². The van der Waals surface area contributed by atoms with Gasteiger partial charge < -0.3 is 15.8 Å².